The van der Waals surface area contributed by atoms with Gasteiger partial charge in [0.05, 0.1) is 63.9 Å². The van der Waals surface area contributed by atoms with E-state index in [2.05, 4.69) is 5.10 Å². The van der Waals surface area contributed by atoms with Crippen molar-refractivity contribution in [2.24, 2.45) is 4.99 Å². The maximum absolute atomic E-state index is 13.7. The largest absolute Gasteiger partial charge is 0.497 e. The zero-order valence-corrected chi connectivity index (χ0v) is 21.6. The molecule has 192 valence electrons. The van der Waals surface area contributed by atoms with Gasteiger partial charge in [0.15, 0.2) is 11.5 Å². The van der Waals surface area contributed by atoms with Gasteiger partial charge in [-0.05, 0) is 55.5 Å². The highest BCUT2D eigenvalue weighted by Gasteiger charge is 2.20. The first-order valence-corrected chi connectivity index (χ1v) is 11.4. The second kappa shape index (κ2) is 10.9. The Morgan fingerprint density at radius 1 is 0.757 bits per heavy atom. The first kappa shape index (κ1) is 25.4. The summed E-state index contributed by atoms with van der Waals surface area (Å²) < 4.78 is 28.4. The normalized spacial score (nSPS) is 11.2. The van der Waals surface area contributed by atoms with Gasteiger partial charge in [0.25, 0.3) is 5.56 Å². The Hall–Kier alpha value is -4.66. The van der Waals surface area contributed by atoms with Crippen LogP contribution in [0.4, 0.5) is 5.69 Å². The van der Waals surface area contributed by atoms with Crippen LogP contribution in [0.5, 0.6) is 28.7 Å². The van der Waals surface area contributed by atoms with Gasteiger partial charge in [-0.2, -0.15) is 0 Å². The van der Waals surface area contributed by atoms with Crippen molar-refractivity contribution in [3.63, 3.8) is 0 Å². The molecule has 1 heterocycles. The highest BCUT2D eigenvalue weighted by Crippen LogP contribution is 2.41. The van der Waals surface area contributed by atoms with Crippen LogP contribution in [-0.2, 0) is 0 Å². The predicted molar refractivity (Wildman–Crippen MR) is 143 cm³/mol. The summed E-state index contributed by atoms with van der Waals surface area (Å²) in [7, 11) is 7.82. The van der Waals surface area contributed by atoms with Crippen LogP contribution < -0.4 is 29.2 Å². The van der Waals surface area contributed by atoms with Gasteiger partial charge < -0.3 is 23.7 Å². The van der Waals surface area contributed by atoms with Crippen molar-refractivity contribution in [3.8, 4) is 45.7 Å². The molecule has 0 saturated heterocycles. The molecule has 0 amide bonds. The molecule has 1 aromatic heterocycles. The predicted octanol–water partition coefficient (Wildman–Crippen LogP) is 5.02. The van der Waals surface area contributed by atoms with E-state index < -0.39 is 0 Å². The molecule has 0 radical (unpaired) electrons. The Bertz CT molecular complexity index is 1440. The van der Waals surface area contributed by atoms with Gasteiger partial charge in [0, 0.05) is 17.7 Å². The van der Waals surface area contributed by atoms with Crippen LogP contribution in [0.15, 0.2) is 70.5 Å². The van der Waals surface area contributed by atoms with E-state index in [-0.39, 0.29) is 5.56 Å². The number of ether oxygens (including phenoxy) is 5. The van der Waals surface area contributed by atoms with Crippen molar-refractivity contribution in [2.75, 3.05) is 35.5 Å². The molecule has 0 atom stereocenters. The Kier molecular flexibility index (Phi) is 7.52. The Balaban J connectivity index is 1.90. The summed E-state index contributed by atoms with van der Waals surface area (Å²) in [6.07, 6.45) is 0. The van der Waals surface area contributed by atoms with E-state index in [1.54, 1.807) is 59.6 Å². The van der Waals surface area contributed by atoms with E-state index in [9.17, 15) is 4.79 Å². The number of hydrogen-bond donors (Lipinski definition) is 1. The molecule has 37 heavy (non-hydrogen) atoms. The molecule has 0 aliphatic heterocycles. The minimum Gasteiger partial charge on any atom is -0.497 e. The monoisotopic (exact) mass is 503 g/mol. The molecule has 0 unspecified atom stereocenters. The molecule has 9 heteroatoms. The van der Waals surface area contributed by atoms with Crippen LogP contribution in [-0.4, -0.2) is 51.0 Å². The second-order valence-electron chi connectivity index (χ2n) is 8.01. The van der Waals surface area contributed by atoms with Crippen LogP contribution in [0.3, 0.4) is 0 Å². The third-order valence-electron chi connectivity index (χ3n) is 5.91. The van der Waals surface area contributed by atoms with Crippen molar-refractivity contribution in [3.05, 3.63) is 76.6 Å². The van der Waals surface area contributed by atoms with E-state index in [0.29, 0.717) is 57.1 Å². The fraction of sp³-hybridized carbons (Fsp3) is 0.214. The number of hydrogen-bond acceptors (Lipinski definition) is 7. The van der Waals surface area contributed by atoms with E-state index in [4.69, 9.17) is 28.7 Å². The maximum Gasteiger partial charge on any atom is 0.280 e. The fourth-order valence-electron chi connectivity index (χ4n) is 4.03. The van der Waals surface area contributed by atoms with E-state index in [1.165, 1.54) is 11.8 Å². The summed E-state index contributed by atoms with van der Waals surface area (Å²) in [5, 5.41) is 3.26. The highest BCUT2D eigenvalue weighted by molar-refractivity contribution is 6.05. The average Bonchev–Trinajstić information content (AvgIpc) is 3.29. The van der Waals surface area contributed by atoms with Crippen molar-refractivity contribution in [1.82, 2.24) is 9.78 Å². The van der Waals surface area contributed by atoms with Gasteiger partial charge in [0.1, 0.15) is 11.5 Å². The SMILES string of the molecule is COc1ccc(-c2[nH]n(-c3ccc(OC)cc3)c(=O)c2C(C)=Nc2cc(OC)c(OC)c(OC)c2)cc1. The van der Waals surface area contributed by atoms with E-state index in [1.807, 2.05) is 36.4 Å². The van der Waals surface area contributed by atoms with Gasteiger partial charge in [-0.3, -0.25) is 14.9 Å². The maximum atomic E-state index is 13.7. The number of H-pyrrole nitrogens is 1. The summed E-state index contributed by atoms with van der Waals surface area (Å²) in [5.74, 6) is 2.80. The Morgan fingerprint density at radius 2 is 1.30 bits per heavy atom. The number of rotatable bonds is 9. The molecule has 1 N–H and O–H groups in total. The van der Waals surface area contributed by atoms with E-state index in [0.717, 1.165) is 5.56 Å². The molecule has 0 aliphatic carbocycles. The molecule has 0 spiro atoms. The molecule has 4 aromatic rings. The number of benzene rings is 3. The third kappa shape index (κ3) is 5.02. The zero-order valence-electron chi connectivity index (χ0n) is 21.6. The Morgan fingerprint density at radius 3 is 1.78 bits per heavy atom. The van der Waals surface area contributed by atoms with Crippen molar-refractivity contribution in [2.45, 2.75) is 6.92 Å². The summed E-state index contributed by atoms with van der Waals surface area (Å²) in [6.45, 7) is 1.79. The number of aliphatic imine (C=N–C) groups is 1. The molecule has 9 nitrogen and oxygen atoms in total. The summed E-state index contributed by atoms with van der Waals surface area (Å²) in [6, 6.07) is 18.1. The lowest BCUT2D eigenvalue weighted by Crippen LogP contribution is -2.19. The summed E-state index contributed by atoms with van der Waals surface area (Å²) in [4.78, 5) is 18.5. The lowest BCUT2D eigenvalue weighted by molar-refractivity contribution is 0.324. The molecule has 0 aliphatic rings. The lowest BCUT2D eigenvalue weighted by Gasteiger charge is -2.13. The zero-order chi connectivity index (χ0) is 26.5. The minimum atomic E-state index is -0.246. The summed E-state index contributed by atoms with van der Waals surface area (Å²) in [5.41, 5.74) is 3.32. The standard InChI is InChI=1S/C28H29N3O6/c1-17(29-19-15-23(35-4)27(37-6)24(16-19)36-5)25-26(18-7-11-21(33-2)12-8-18)30-31(28(25)32)20-9-13-22(34-3)14-10-20/h7-16,30H,1-6H3. The molecule has 0 saturated carbocycles. The molecular formula is C28H29N3O6. The number of nitrogens with one attached hydrogen (secondary N) is 1. The van der Waals surface area contributed by atoms with Gasteiger partial charge in [-0.1, -0.05) is 0 Å². The number of aromatic amines is 1. The van der Waals surface area contributed by atoms with Gasteiger partial charge in [0.2, 0.25) is 5.75 Å². The van der Waals surface area contributed by atoms with Crippen molar-refractivity contribution in [1.29, 1.82) is 0 Å². The third-order valence-corrected chi connectivity index (χ3v) is 5.91. The quantitative estimate of drug-likeness (QED) is 0.322. The second-order valence-corrected chi connectivity index (χ2v) is 8.01. The van der Waals surface area contributed by atoms with Gasteiger partial charge in [-0.15, -0.1) is 0 Å². The molecule has 3 aromatic carbocycles. The average molecular weight is 504 g/mol. The number of nitrogens with zero attached hydrogens (tertiary/aromatic N) is 2. The van der Waals surface area contributed by atoms with Crippen molar-refractivity contribution < 1.29 is 23.7 Å². The Labute approximate surface area is 214 Å². The van der Waals surface area contributed by atoms with Crippen LogP contribution in [0.25, 0.3) is 16.9 Å². The fourth-order valence-corrected chi connectivity index (χ4v) is 4.03. The van der Waals surface area contributed by atoms with Crippen LogP contribution in [0.1, 0.15) is 12.5 Å². The van der Waals surface area contributed by atoms with Gasteiger partial charge in [-0.25, -0.2) is 4.68 Å². The first-order chi connectivity index (χ1) is 17.9. The topological polar surface area (TPSA) is 96.3 Å². The molecule has 4 rings (SSSR count). The smallest absolute Gasteiger partial charge is 0.280 e. The van der Waals surface area contributed by atoms with Gasteiger partial charge >= 0.3 is 0 Å². The molecule has 0 fully saturated rings. The number of aromatic nitrogens is 2. The lowest BCUT2D eigenvalue weighted by atomic mass is 10.0. The van der Waals surface area contributed by atoms with Crippen molar-refractivity contribution >= 4 is 11.4 Å². The van der Waals surface area contributed by atoms with Crippen LogP contribution >= 0.6 is 0 Å². The summed E-state index contributed by atoms with van der Waals surface area (Å²) >= 11 is 0. The highest BCUT2D eigenvalue weighted by atomic mass is 16.5. The minimum absolute atomic E-state index is 0.246. The van der Waals surface area contributed by atoms with Crippen LogP contribution in [0.2, 0.25) is 0 Å². The molecular weight excluding hydrogens is 474 g/mol. The first-order valence-electron chi connectivity index (χ1n) is 11.4. The number of methoxy groups -OCH3 is 5. The van der Waals surface area contributed by atoms with E-state index >= 15 is 0 Å². The van der Waals surface area contributed by atoms with Crippen LogP contribution in [0, 0.1) is 0 Å². The molecule has 0 bridgehead atoms.